The van der Waals surface area contributed by atoms with Crippen molar-refractivity contribution in [2.45, 2.75) is 96.4 Å². The van der Waals surface area contributed by atoms with Crippen LogP contribution in [0, 0.1) is 0 Å². The average Bonchev–Trinajstić information content (AvgIpc) is 2.42. The molecule has 0 aromatic carbocycles. The van der Waals surface area contributed by atoms with Gasteiger partial charge < -0.3 is 0 Å². The van der Waals surface area contributed by atoms with Crippen LogP contribution in [0.5, 0.6) is 0 Å². The molecule has 0 saturated heterocycles. The first kappa shape index (κ1) is 16.0. The fraction of sp³-hybridized carbons (Fsp3) is 1.00. The number of hydrogen-bond donors (Lipinski definition) is 1. The molecular formula is C16H34N2. The summed E-state index contributed by atoms with van der Waals surface area (Å²) in [5, 5.41) is 2.14. The van der Waals surface area contributed by atoms with Crippen LogP contribution in [-0.2, 0) is 0 Å². The monoisotopic (exact) mass is 254 g/mol. The summed E-state index contributed by atoms with van der Waals surface area (Å²) in [4.78, 5) is 0. The lowest BCUT2D eigenvalue weighted by atomic mass is 9.95. The van der Waals surface area contributed by atoms with Crippen LogP contribution in [0.4, 0.5) is 0 Å². The third-order valence-corrected chi connectivity index (χ3v) is 4.31. The summed E-state index contributed by atoms with van der Waals surface area (Å²) in [5.41, 5.74) is 0. The van der Waals surface area contributed by atoms with Crippen LogP contribution in [0.2, 0.25) is 0 Å². The first-order valence-electron chi connectivity index (χ1n) is 8.36. The molecule has 18 heavy (non-hydrogen) atoms. The zero-order valence-electron chi connectivity index (χ0n) is 12.5. The number of unbranched alkanes of at least 4 members (excludes halogenated alkanes) is 7. The van der Waals surface area contributed by atoms with E-state index in [0.717, 1.165) is 6.54 Å². The van der Waals surface area contributed by atoms with E-state index in [1.807, 2.05) is 0 Å². The molecule has 0 spiro atoms. The summed E-state index contributed by atoms with van der Waals surface area (Å²) in [6.07, 6.45) is 18.0. The molecule has 2 heteroatoms. The van der Waals surface area contributed by atoms with Gasteiger partial charge in [-0.05, 0) is 19.3 Å². The van der Waals surface area contributed by atoms with Gasteiger partial charge >= 0.3 is 0 Å². The third-order valence-electron chi connectivity index (χ3n) is 4.31. The van der Waals surface area contributed by atoms with Gasteiger partial charge in [-0.2, -0.15) is 0 Å². The second-order valence-corrected chi connectivity index (χ2v) is 6.00. The van der Waals surface area contributed by atoms with E-state index >= 15 is 0 Å². The molecule has 0 radical (unpaired) electrons. The van der Waals surface area contributed by atoms with Crippen LogP contribution in [0.1, 0.15) is 90.4 Å². The van der Waals surface area contributed by atoms with Gasteiger partial charge in [0, 0.05) is 12.6 Å². The molecule has 0 atom stereocenters. The Morgan fingerprint density at radius 1 is 0.833 bits per heavy atom. The zero-order valence-corrected chi connectivity index (χ0v) is 12.5. The predicted molar refractivity (Wildman–Crippen MR) is 80.4 cm³/mol. The topological polar surface area (TPSA) is 29.3 Å². The predicted octanol–water partition coefficient (Wildman–Crippen LogP) is 4.64. The molecule has 0 unspecified atom stereocenters. The number of nitrogens with zero attached hydrogens (tertiary/aromatic N) is 1. The lowest BCUT2D eigenvalue weighted by molar-refractivity contribution is 0.155. The molecule has 1 rings (SSSR count). The summed E-state index contributed by atoms with van der Waals surface area (Å²) in [6.45, 7) is 3.39. The van der Waals surface area contributed by atoms with E-state index in [2.05, 4.69) is 11.9 Å². The average molecular weight is 254 g/mol. The smallest absolute Gasteiger partial charge is 0.0241 e. The fourth-order valence-corrected chi connectivity index (χ4v) is 3.02. The number of hydrazine groups is 1. The van der Waals surface area contributed by atoms with Crippen LogP contribution < -0.4 is 5.84 Å². The van der Waals surface area contributed by atoms with E-state index in [0.29, 0.717) is 6.04 Å². The Balaban J connectivity index is 1.87. The van der Waals surface area contributed by atoms with Crippen molar-refractivity contribution in [3.8, 4) is 0 Å². The number of nitrogens with two attached hydrogens (primary N) is 1. The van der Waals surface area contributed by atoms with Gasteiger partial charge in [0.1, 0.15) is 0 Å². The summed E-state index contributed by atoms with van der Waals surface area (Å²) in [5.74, 6) is 6.16. The van der Waals surface area contributed by atoms with Gasteiger partial charge in [0.05, 0.1) is 0 Å². The molecule has 0 bridgehead atoms. The van der Waals surface area contributed by atoms with Crippen molar-refractivity contribution in [3.05, 3.63) is 0 Å². The van der Waals surface area contributed by atoms with E-state index in [1.54, 1.807) is 0 Å². The summed E-state index contributed by atoms with van der Waals surface area (Å²) in [6, 6.07) is 0.684. The molecule has 0 aromatic heterocycles. The summed E-state index contributed by atoms with van der Waals surface area (Å²) >= 11 is 0. The van der Waals surface area contributed by atoms with Crippen LogP contribution in [0.15, 0.2) is 0 Å². The Morgan fingerprint density at radius 3 is 2.00 bits per heavy atom. The van der Waals surface area contributed by atoms with Crippen molar-refractivity contribution < 1.29 is 0 Å². The zero-order chi connectivity index (χ0) is 13.1. The Labute approximate surface area is 114 Å². The maximum atomic E-state index is 6.16. The highest BCUT2D eigenvalue weighted by Crippen LogP contribution is 2.21. The second kappa shape index (κ2) is 10.8. The van der Waals surface area contributed by atoms with Gasteiger partial charge in [-0.25, -0.2) is 5.01 Å². The van der Waals surface area contributed by atoms with Crippen molar-refractivity contribution in [3.63, 3.8) is 0 Å². The molecule has 0 aliphatic heterocycles. The lowest BCUT2D eigenvalue weighted by Gasteiger charge is -2.30. The highest BCUT2D eigenvalue weighted by molar-refractivity contribution is 4.72. The largest absolute Gasteiger partial charge is 0.269 e. The molecule has 0 amide bonds. The quantitative estimate of drug-likeness (QED) is 0.350. The first-order chi connectivity index (χ1) is 8.84. The minimum Gasteiger partial charge on any atom is -0.269 e. The van der Waals surface area contributed by atoms with E-state index in [4.69, 9.17) is 5.84 Å². The van der Waals surface area contributed by atoms with E-state index < -0.39 is 0 Å². The van der Waals surface area contributed by atoms with E-state index in [-0.39, 0.29) is 0 Å². The van der Waals surface area contributed by atoms with Crippen LogP contribution in [0.3, 0.4) is 0 Å². The van der Waals surface area contributed by atoms with Gasteiger partial charge in [0.15, 0.2) is 0 Å². The molecule has 0 heterocycles. The van der Waals surface area contributed by atoms with Crippen molar-refractivity contribution >= 4 is 0 Å². The van der Waals surface area contributed by atoms with Gasteiger partial charge in [0.25, 0.3) is 0 Å². The van der Waals surface area contributed by atoms with E-state index in [1.165, 1.54) is 83.5 Å². The third kappa shape index (κ3) is 7.38. The maximum absolute atomic E-state index is 6.16. The van der Waals surface area contributed by atoms with Crippen molar-refractivity contribution in [1.82, 2.24) is 5.01 Å². The number of hydrogen-bond acceptors (Lipinski definition) is 2. The molecule has 0 aromatic rings. The molecule has 2 N–H and O–H groups in total. The molecule has 108 valence electrons. The summed E-state index contributed by atoms with van der Waals surface area (Å²) < 4.78 is 0. The fourth-order valence-electron chi connectivity index (χ4n) is 3.02. The Bertz CT molecular complexity index is 176. The highest BCUT2D eigenvalue weighted by Gasteiger charge is 2.17. The van der Waals surface area contributed by atoms with Gasteiger partial charge in [-0.15, -0.1) is 0 Å². The Kier molecular flexibility index (Phi) is 9.59. The van der Waals surface area contributed by atoms with Crippen molar-refractivity contribution in [1.29, 1.82) is 0 Å². The number of rotatable bonds is 10. The van der Waals surface area contributed by atoms with Crippen LogP contribution in [0.25, 0.3) is 0 Å². The van der Waals surface area contributed by atoms with Gasteiger partial charge in [0.2, 0.25) is 0 Å². The van der Waals surface area contributed by atoms with Crippen LogP contribution in [-0.4, -0.2) is 17.6 Å². The second-order valence-electron chi connectivity index (χ2n) is 6.00. The summed E-state index contributed by atoms with van der Waals surface area (Å²) in [7, 11) is 0. The van der Waals surface area contributed by atoms with Crippen LogP contribution >= 0.6 is 0 Å². The van der Waals surface area contributed by atoms with Gasteiger partial charge in [-0.3, -0.25) is 5.84 Å². The maximum Gasteiger partial charge on any atom is 0.0241 e. The normalized spacial score (nSPS) is 17.5. The first-order valence-corrected chi connectivity index (χ1v) is 8.36. The highest BCUT2D eigenvalue weighted by atomic mass is 15.4. The van der Waals surface area contributed by atoms with Crippen molar-refractivity contribution in [2.75, 3.05) is 6.54 Å². The van der Waals surface area contributed by atoms with Gasteiger partial charge in [-0.1, -0.05) is 71.1 Å². The van der Waals surface area contributed by atoms with Crippen molar-refractivity contribution in [2.24, 2.45) is 5.84 Å². The molecular weight excluding hydrogens is 220 g/mol. The molecule has 1 fully saturated rings. The standard InChI is InChI=1S/C16H34N2/c1-2-3-4-5-6-7-8-12-15-18(17)16-13-10-9-11-14-16/h16H,2-15,17H2,1H3. The SMILES string of the molecule is CCCCCCCCCCN(N)C1CCCCC1. The molecule has 1 aliphatic rings. The molecule has 2 nitrogen and oxygen atoms in total. The Hall–Kier alpha value is -0.0800. The molecule has 1 aliphatic carbocycles. The minimum absolute atomic E-state index is 0.684. The Morgan fingerprint density at radius 2 is 1.39 bits per heavy atom. The van der Waals surface area contributed by atoms with E-state index in [9.17, 15) is 0 Å². The minimum atomic E-state index is 0.684. The molecule has 1 saturated carbocycles. The lowest BCUT2D eigenvalue weighted by Crippen LogP contribution is -2.42.